The number of carbonyl (C=O) groups is 2. The molecule has 2 amide bonds. The summed E-state index contributed by atoms with van der Waals surface area (Å²) in [4.78, 5) is 31.1. The third kappa shape index (κ3) is 7.16. The van der Waals surface area contributed by atoms with Crippen LogP contribution in [0.4, 0.5) is 0 Å². The quantitative estimate of drug-likeness (QED) is 0.628. The lowest BCUT2D eigenvalue weighted by molar-refractivity contribution is -0.122. The minimum absolute atomic E-state index is 0.0484. The Kier molecular flexibility index (Phi) is 8.96. The highest BCUT2D eigenvalue weighted by atomic mass is 16.2. The molecule has 0 aliphatic heterocycles. The molecule has 32 heavy (non-hydrogen) atoms. The van der Waals surface area contributed by atoms with Crippen LogP contribution in [0.1, 0.15) is 60.2 Å². The van der Waals surface area contributed by atoms with E-state index in [1.165, 1.54) is 5.56 Å². The maximum absolute atomic E-state index is 12.9. The zero-order valence-electron chi connectivity index (χ0n) is 20.5. The first kappa shape index (κ1) is 25.5. The maximum atomic E-state index is 12.9. The lowest BCUT2D eigenvalue weighted by Gasteiger charge is -2.31. The van der Waals surface area contributed by atoms with Crippen molar-refractivity contribution < 1.29 is 9.59 Å². The van der Waals surface area contributed by atoms with Crippen LogP contribution >= 0.6 is 0 Å². The summed E-state index contributed by atoms with van der Waals surface area (Å²) in [6.45, 7) is 9.06. The normalized spacial score (nSPS) is 13.5. The largest absolute Gasteiger partial charge is 0.355 e. The Morgan fingerprint density at radius 2 is 1.88 bits per heavy atom. The zero-order valence-corrected chi connectivity index (χ0v) is 20.5. The van der Waals surface area contributed by atoms with Gasteiger partial charge in [0.1, 0.15) is 0 Å². The van der Waals surface area contributed by atoms with Gasteiger partial charge in [-0.1, -0.05) is 32.9 Å². The van der Waals surface area contributed by atoms with Gasteiger partial charge in [0.2, 0.25) is 5.91 Å². The molecule has 6 heteroatoms. The number of nitrogens with zero attached hydrogens (tertiary/aromatic N) is 2. The molecule has 0 spiro atoms. The van der Waals surface area contributed by atoms with Crippen molar-refractivity contribution in [1.29, 1.82) is 0 Å². The van der Waals surface area contributed by atoms with Gasteiger partial charge in [0, 0.05) is 44.0 Å². The van der Waals surface area contributed by atoms with Gasteiger partial charge in [0.05, 0.1) is 0 Å². The highest BCUT2D eigenvalue weighted by molar-refractivity contribution is 5.94. The van der Waals surface area contributed by atoms with Gasteiger partial charge < -0.3 is 15.5 Å². The molecule has 2 N–H and O–H groups in total. The van der Waals surface area contributed by atoms with Gasteiger partial charge in [-0.25, -0.2) is 0 Å². The SMILES string of the molecule is CNC(=O)c1ccc(C[C@@H](CNC(=O)C[C@@H](c2cccnc2)C(C)(C)C)N(C)C)c(C)c1. The van der Waals surface area contributed by atoms with Crippen LogP contribution in [0.5, 0.6) is 0 Å². The first-order chi connectivity index (χ1) is 15.0. The number of likely N-dealkylation sites (N-methyl/N-ethyl adjacent to an activating group) is 1. The second-order valence-electron chi connectivity index (χ2n) is 9.76. The Bertz CT molecular complexity index is 904. The highest BCUT2D eigenvalue weighted by Gasteiger charge is 2.29. The molecule has 2 atom stereocenters. The number of hydrogen-bond acceptors (Lipinski definition) is 4. The molecule has 0 saturated heterocycles. The summed E-state index contributed by atoms with van der Waals surface area (Å²) in [7, 11) is 5.69. The molecule has 174 valence electrons. The molecule has 0 aliphatic rings. The van der Waals surface area contributed by atoms with Crippen molar-refractivity contribution in [3.63, 3.8) is 0 Å². The molecule has 0 radical (unpaired) electrons. The van der Waals surface area contributed by atoms with Crippen molar-refractivity contribution in [2.45, 2.75) is 52.5 Å². The summed E-state index contributed by atoms with van der Waals surface area (Å²) < 4.78 is 0. The third-order valence-corrected chi connectivity index (χ3v) is 6.07. The molecule has 0 saturated carbocycles. The number of aryl methyl sites for hydroxylation is 1. The van der Waals surface area contributed by atoms with Crippen LogP contribution in [0.3, 0.4) is 0 Å². The van der Waals surface area contributed by atoms with Gasteiger partial charge in [0.15, 0.2) is 0 Å². The minimum atomic E-state index is -0.0851. The van der Waals surface area contributed by atoms with E-state index >= 15 is 0 Å². The predicted octanol–water partition coefficient (Wildman–Crippen LogP) is 3.56. The Hall–Kier alpha value is -2.73. The Balaban J connectivity index is 2.04. The summed E-state index contributed by atoms with van der Waals surface area (Å²) in [5.74, 6) is 0.0545. The molecular formula is C26H38N4O2. The minimum Gasteiger partial charge on any atom is -0.355 e. The molecule has 0 bridgehead atoms. The number of benzene rings is 1. The Morgan fingerprint density at radius 3 is 2.41 bits per heavy atom. The van der Waals surface area contributed by atoms with Crippen molar-refractivity contribution in [2.24, 2.45) is 5.41 Å². The Labute approximate surface area is 192 Å². The fraction of sp³-hybridized carbons (Fsp3) is 0.500. The average Bonchev–Trinajstić information content (AvgIpc) is 2.74. The van der Waals surface area contributed by atoms with Crippen LogP contribution in [0.25, 0.3) is 0 Å². The number of carbonyl (C=O) groups excluding carboxylic acids is 2. The number of amides is 2. The van der Waals surface area contributed by atoms with Crippen LogP contribution in [0.15, 0.2) is 42.7 Å². The summed E-state index contributed by atoms with van der Waals surface area (Å²) in [5, 5.41) is 5.81. The first-order valence-electron chi connectivity index (χ1n) is 11.2. The number of hydrogen-bond donors (Lipinski definition) is 2. The van der Waals surface area contributed by atoms with Gasteiger partial charge in [0.25, 0.3) is 5.91 Å². The standard InChI is InChI=1S/C26H38N4O2/c1-18-13-20(25(32)27-5)11-10-19(18)14-22(30(6)7)17-29-24(31)15-23(26(2,3)4)21-9-8-12-28-16-21/h8-13,16,22-23H,14-15,17H2,1-7H3,(H,27,32)(H,29,31)/t22-,23-/m0/s1. The van der Waals surface area contributed by atoms with Crippen molar-refractivity contribution in [3.05, 3.63) is 65.0 Å². The van der Waals surface area contributed by atoms with E-state index in [9.17, 15) is 9.59 Å². The molecule has 6 nitrogen and oxygen atoms in total. The van der Waals surface area contributed by atoms with Crippen molar-refractivity contribution >= 4 is 11.8 Å². The van der Waals surface area contributed by atoms with Crippen LogP contribution in [0, 0.1) is 12.3 Å². The van der Waals surface area contributed by atoms with Crippen molar-refractivity contribution in [2.75, 3.05) is 27.7 Å². The van der Waals surface area contributed by atoms with Gasteiger partial charge in [-0.2, -0.15) is 0 Å². The van der Waals surface area contributed by atoms with E-state index in [4.69, 9.17) is 0 Å². The van der Waals surface area contributed by atoms with Gasteiger partial charge in [-0.3, -0.25) is 14.6 Å². The average molecular weight is 439 g/mol. The van der Waals surface area contributed by atoms with Crippen LogP contribution in [-0.2, 0) is 11.2 Å². The number of aromatic nitrogens is 1. The van der Waals surface area contributed by atoms with Gasteiger partial charge >= 0.3 is 0 Å². The zero-order chi connectivity index (χ0) is 23.9. The number of nitrogens with one attached hydrogen (secondary N) is 2. The predicted molar refractivity (Wildman–Crippen MR) is 130 cm³/mol. The lowest BCUT2D eigenvalue weighted by atomic mass is 9.75. The molecule has 0 aliphatic carbocycles. The topological polar surface area (TPSA) is 74.3 Å². The molecular weight excluding hydrogens is 400 g/mol. The van der Waals surface area contributed by atoms with Gasteiger partial charge in [-0.05, 0) is 73.7 Å². The third-order valence-electron chi connectivity index (χ3n) is 6.07. The molecule has 1 heterocycles. The first-order valence-corrected chi connectivity index (χ1v) is 11.2. The fourth-order valence-electron chi connectivity index (χ4n) is 3.90. The van der Waals surface area contributed by atoms with E-state index in [-0.39, 0.29) is 29.2 Å². The molecule has 2 rings (SSSR count). The van der Waals surface area contributed by atoms with Crippen LogP contribution < -0.4 is 10.6 Å². The monoisotopic (exact) mass is 438 g/mol. The lowest BCUT2D eigenvalue weighted by Crippen LogP contribution is -2.42. The van der Waals surface area contributed by atoms with E-state index in [0.717, 1.165) is 17.5 Å². The summed E-state index contributed by atoms with van der Waals surface area (Å²) >= 11 is 0. The van der Waals surface area contributed by atoms with E-state index < -0.39 is 0 Å². The molecule has 0 fully saturated rings. The maximum Gasteiger partial charge on any atom is 0.251 e. The van der Waals surface area contributed by atoms with Crippen LogP contribution in [0.2, 0.25) is 0 Å². The molecule has 0 unspecified atom stereocenters. The molecule has 2 aromatic rings. The smallest absolute Gasteiger partial charge is 0.251 e. The molecule has 1 aromatic carbocycles. The highest BCUT2D eigenvalue weighted by Crippen LogP contribution is 2.37. The van der Waals surface area contributed by atoms with E-state index in [1.807, 2.05) is 57.5 Å². The second kappa shape index (κ2) is 11.2. The van der Waals surface area contributed by atoms with Crippen LogP contribution in [-0.4, -0.2) is 55.4 Å². The number of rotatable bonds is 9. The second-order valence-corrected chi connectivity index (χ2v) is 9.76. The summed E-state index contributed by atoms with van der Waals surface area (Å²) in [5.41, 5.74) is 3.95. The van der Waals surface area contributed by atoms with Gasteiger partial charge in [-0.15, -0.1) is 0 Å². The van der Waals surface area contributed by atoms with E-state index in [0.29, 0.717) is 18.5 Å². The van der Waals surface area contributed by atoms with E-state index in [2.05, 4.69) is 41.3 Å². The molecule has 1 aromatic heterocycles. The Morgan fingerprint density at radius 1 is 1.16 bits per heavy atom. The summed E-state index contributed by atoms with van der Waals surface area (Å²) in [6.07, 6.45) is 4.83. The van der Waals surface area contributed by atoms with E-state index in [1.54, 1.807) is 13.2 Å². The van der Waals surface area contributed by atoms with Crippen molar-refractivity contribution in [3.8, 4) is 0 Å². The van der Waals surface area contributed by atoms with Crippen molar-refractivity contribution in [1.82, 2.24) is 20.5 Å². The summed E-state index contributed by atoms with van der Waals surface area (Å²) in [6, 6.07) is 9.90. The fourth-order valence-corrected chi connectivity index (χ4v) is 3.90. The number of pyridine rings is 1.